The van der Waals surface area contributed by atoms with Gasteiger partial charge in [-0.2, -0.15) is 0 Å². The minimum Gasteiger partial charge on any atom is -0.373 e. The second-order valence-corrected chi connectivity index (χ2v) is 8.11. The van der Waals surface area contributed by atoms with Crippen LogP contribution in [0.1, 0.15) is 46.1 Å². The molecule has 4 rings (SSSR count). The fraction of sp³-hybridized carbons (Fsp3) is 0.478. The van der Waals surface area contributed by atoms with Crippen LogP contribution in [0.4, 0.5) is 0 Å². The molecule has 0 aliphatic carbocycles. The average molecular weight is 396 g/mol. The molecule has 2 aliphatic rings. The normalized spacial score (nSPS) is 22.8. The predicted octanol–water partition coefficient (Wildman–Crippen LogP) is 2.67. The smallest absolute Gasteiger partial charge is 0.261 e. The maximum atomic E-state index is 13.6. The Morgan fingerprint density at radius 3 is 2.55 bits per heavy atom. The van der Waals surface area contributed by atoms with Crippen LogP contribution in [0.5, 0.6) is 0 Å². The lowest BCUT2D eigenvalue weighted by atomic mass is 9.96. The van der Waals surface area contributed by atoms with Gasteiger partial charge in [-0.25, -0.2) is 0 Å². The number of carbonyl (C=O) groups is 1. The molecule has 0 unspecified atom stereocenters. The van der Waals surface area contributed by atoms with E-state index in [9.17, 15) is 9.59 Å². The third-order valence-electron chi connectivity index (χ3n) is 5.97. The zero-order valence-corrected chi connectivity index (χ0v) is 17.2. The third-order valence-corrected chi connectivity index (χ3v) is 5.97. The predicted molar refractivity (Wildman–Crippen MR) is 112 cm³/mol. The highest BCUT2D eigenvalue weighted by atomic mass is 16.5. The number of nitrogens with one attached hydrogen (secondary N) is 1. The van der Waals surface area contributed by atoms with E-state index in [1.807, 2.05) is 55.1 Å². The average Bonchev–Trinajstić information content (AvgIpc) is 3.20. The quantitative estimate of drug-likeness (QED) is 0.864. The van der Waals surface area contributed by atoms with Gasteiger partial charge in [0.25, 0.3) is 11.5 Å². The molecule has 1 N–H and O–H groups in total. The number of hydrogen-bond donors (Lipinski definition) is 1. The summed E-state index contributed by atoms with van der Waals surface area (Å²) in [6.45, 7) is 7.56. The number of aromatic nitrogens is 1. The van der Waals surface area contributed by atoms with Crippen LogP contribution in [0.25, 0.3) is 0 Å². The van der Waals surface area contributed by atoms with Crippen LogP contribution in [-0.4, -0.2) is 59.6 Å². The van der Waals surface area contributed by atoms with Gasteiger partial charge in [0.1, 0.15) is 5.56 Å². The summed E-state index contributed by atoms with van der Waals surface area (Å²) in [5.74, 6) is -0.215. The van der Waals surface area contributed by atoms with Gasteiger partial charge in [-0.15, -0.1) is 0 Å². The number of likely N-dealkylation sites (tertiary alicyclic amines) is 1. The summed E-state index contributed by atoms with van der Waals surface area (Å²) in [5, 5.41) is 0. The molecule has 1 aromatic heterocycles. The number of amides is 1. The highest BCUT2D eigenvalue weighted by Gasteiger charge is 2.38. The molecule has 2 aliphatic heterocycles. The molecule has 2 atom stereocenters. The Labute approximate surface area is 171 Å². The van der Waals surface area contributed by atoms with E-state index in [2.05, 4.69) is 9.88 Å². The molecule has 2 saturated heterocycles. The minimum absolute atomic E-state index is 0.113. The van der Waals surface area contributed by atoms with Crippen LogP contribution in [0.15, 0.2) is 41.2 Å². The van der Waals surface area contributed by atoms with Crippen molar-refractivity contribution in [3.8, 4) is 0 Å². The molecule has 1 aromatic carbocycles. The summed E-state index contributed by atoms with van der Waals surface area (Å²) in [6.07, 6.45) is 2.31. The first kappa shape index (κ1) is 19.9. The monoisotopic (exact) mass is 395 g/mol. The molecule has 6 nitrogen and oxygen atoms in total. The number of aromatic amines is 1. The van der Waals surface area contributed by atoms with E-state index in [1.165, 1.54) is 12.8 Å². The molecule has 29 heavy (non-hydrogen) atoms. The van der Waals surface area contributed by atoms with Crippen molar-refractivity contribution in [1.82, 2.24) is 14.8 Å². The van der Waals surface area contributed by atoms with Crippen molar-refractivity contribution in [1.29, 1.82) is 0 Å². The fourth-order valence-corrected chi connectivity index (χ4v) is 4.64. The minimum atomic E-state index is -0.318. The first-order chi connectivity index (χ1) is 14.0. The van der Waals surface area contributed by atoms with E-state index in [4.69, 9.17) is 4.74 Å². The van der Waals surface area contributed by atoms with E-state index >= 15 is 0 Å². The standard InChI is InChI=1S/C23H29N3O3/c1-16-14-17(2)24-22(27)20(16)23(28)26-12-13-29-19(15-25-10-6-7-11-25)21(26)18-8-4-3-5-9-18/h3-5,8-9,14,19,21H,6-7,10-13,15H2,1-2H3,(H,24,27)/t19-,21-/m0/s1. The molecule has 154 valence electrons. The zero-order valence-electron chi connectivity index (χ0n) is 17.2. The van der Waals surface area contributed by atoms with E-state index < -0.39 is 0 Å². The number of morpholine rings is 1. The fourth-order valence-electron chi connectivity index (χ4n) is 4.64. The van der Waals surface area contributed by atoms with Gasteiger partial charge in [-0.1, -0.05) is 30.3 Å². The van der Waals surface area contributed by atoms with Gasteiger partial charge in [0.15, 0.2) is 0 Å². The van der Waals surface area contributed by atoms with Gasteiger partial charge in [0, 0.05) is 18.8 Å². The van der Waals surface area contributed by atoms with Crippen LogP contribution in [0.2, 0.25) is 0 Å². The van der Waals surface area contributed by atoms with Gasteiger partial charge >= 0.3 is 0 Å². The van der Waals surface area contributed by atoms with E-state index in [0.717, 1.165) is 30.9 Å². The Balaban J connectivity index is 1.70. The molecule has 1 amide bonds. The van der Waals surface area contributed by atoms with Crippen molar-refractivity contribution in [3.63, 3.8) is 0 Å². The lowest BCUT2D eigenvalue weighted by Gasteiger charge is -2.42. The van der Waals surface area contributed by atoms with Crippen molar-refractivity contribution >= 4 is 5.91 Å². The van der Waals surface area contributed by atoms with Crippen LogP contribution in [0.3, 0.4) is 0 Å². The molecule has 2 fully saturated rings. The Hall–Kier alpha value is -2.44. The van der Waals surface area contributed by atoms with Gasteiger partial charge in [-0.3, -0.25) is 9.59 Å². The van der Waals surface area contributed by atoms with Gasteiger partial charge in [0.2, 0.25) is 0 Å². The van der Waals surface area contributed by atoms with E-state index in [0.29, 0.717) is 18.7 Å². The number of H-pyrrole nitrogens is 1. The van der Waals surface area contributed by atoms with Crippen molar-refractivity contribution in [3.05, 3.63) is 69.1 Å². The van der Waals surface area contributed by atoms with Crippen molar-refractivity contribution in [2.24, 2.45) is 0 Å². The zero-order chi connectivity index (χ0) is 20.4. The van der Waals surface area contributed by atoms with E-state index in [1.54, 1.807) is 0 Å². The molecule has 2 aromatic rings. The number of ether oxygens (including phenoxy) is 1. The summed E-state index contributed by atoms with van der Waals surface area (Å²) >= 11 is 0. The molecular formula is C23H29N3O3. The first-order valence-corrected chi connectivity index (χ1v) is 10.4. The molecule has 0 saturated carbocycles. The van der Waals surface area contributed by atoms with Crippen molar-refractivity contribution in [2.45, 2.75) is 38.8 Å². The van der Waals surface area contributed by atoms with Crippen LogP contribution >= 0.6 is 0 Å². The SMILES string of the molecule is Cc1cc(C)c(C(=O)N2CCO[C@@H](CN3CCCC3)[C@@H]2c2ccccc2)c(=O)[nH]1. The molecule has 0 radical (unpaired) electrons. The van der Waals surface area contributed by atoms with Gasteiger partial charge in [-0.05, 0) is 57.0 Å². The molecule has 3 heterocycles. The summed E-state index contributed by atoms with van der Waals surface area (Å²) in [5.41, 5.74) is 2.44. The van der Waals surface area contributed by atoms with Crippen LogP contribution in [0, 0.1) is 13.8 Å². The molecule has 0 bridgehead atoms. The molecule has 0 spiro atoms. The topological polar surface area (TPSA) is 65.6 Å². The Morgan fingerprint density at radius 1 is 1.14 bits per heavy atom. The lowest BCUT2D eigenvalue weighted by molar-refractivity contribution is -0.0707. The van der Waals surface area contributed by atoms with Crippen molar-refractivity contribution < 1.29 is 9.53 Å². The summed E-state index contributed by atoms with van der Waals surface area (Å²) in [6, 6.07) is 11.7. The summed E-state index contributed by atoms with van der Waals surface area (Å²) in [4.78, 5) is 33.2. The van der Waals surface area contributed by atoms with Crippen LogP contribution < -0.4 is 5.56 Å². The first-order valence-electron chi connectivity index (χ1n) is 10.4. The number of pyridine rings is 1. The van der Waals surface area contributed by atoms with E-state index in [-0.39, 0.29) is 29.2 Å². The number of nitrogens with zero attached hydrogens (tertiary/aromatic N) is 2. The highest BCUT2D eigenvalue weighted by Crippen LogP contribution is 2.32. The van der Waals surface area contributed by atoms with Crippen LogP contribution in [-0.2, 0) is 4.74 Å². The summed E-state index contributed by atoms with van der Waals surface area (Å²) in [7, 11) is 0. The maximum absolute atomic E-state index is 13.6. The molecular weight excluding hydrogens is 366 g/mol. The largest absolute Gasteiger partial charge is 0.373 e. The summed E-state index contributed by atoms with van der Waals surface area (Å²) < 4.78 is 6.18. The number of aryl methyl sites for hydroxylation is 2. The maximum Gasteiger partial charge on any atom is 0.261 e. The third kappa shape index (κ3) is 4.14. The number of hydrogen-bond acceptors (Lipinski definition) is 4. The van der Waals surface area contributed by atoms with Gasteiger partial charge in [0.05, 0.1) is 18.8 Å². The Bertz CT molecular complexity index is 919. The number of carbonyl (C=O) groups excluding carboxylic acids is 1. The molecule has 6 heteroatoms. The van der Waals surface area contributed by atoms with Crippen molar-refractivity contribution in [2.75, 3.05) is 32.8 Å². The number of benzene rings is 1. The lowest BCUT2D eigenvalue weighted by Crippen LogP contribution is -2.52. The number of rotatable bonds is 4. The second-order valence-electron chi connectivity index (χ2n) is 8.11. The Kier molecular flexibility index (Phi) is 5.83. The second kappa shape index (κ2) is 8.51. The Morgan fingerprint density at radius 2 is 1.86 bits per heavy atom. The highest BCUT2D eigenvalue weighted by molar-refractivity contribution is 5.95. The van der Waals surface area contributed by atoms with Gasteiger partial charge < -0.3 is 19.5 Å².